The quantitative estimate of drug-likeness (QED) is 0.518. The number of carbonyl (C=O) groups excluding carboxylic acids is 5. The van der Waals surface area contributed by atoms with E-state index in [9.17, 15) is 24.0 Å². The maximum atomic E-state index is 13.1. The fourth-order valence-corrected chi connectivity index (χ4v) is 4.25. The minimum absolute atomic E-state index is 0.142. The predicted molar refractivity (Wildman–Crippen MR) is 132 cm³/mol. The number of nitrogens with one attached hydrogen (secondary N) is 1. The Bertz CT molecular complexity index is 1500. The van der Waals surface area contributed by atoms with E-state index in [1.54, 1.807) is 36.4 Å². The van der Waals surface area contributed by atoms with Crippen molar-refractivity contribution in [2.75, 3.05) is 4.90 Å². The number of fused-ring (bicyclic) bond motifs is 1. The van der Waals surface area contributed by atoms with Crippen LogP contribution in [0.4, 0.5) is 16.2 Å². The summed E-state index contributed by atoms with van der Waals surface area (Å²) >= 11 is 12.3. The zero-order valence-electron chi connectivity index (χ0n) is 18.2. The summed E-state index contributed by atoms with van der Waals surface area (Å²) in [5.74, 6) is -2.83. The third-order valence-electron chi connectivity index (χ3n) is 5.59. The van der Waals surface area contributed by atoms with Crippen molar-refractivity contribution >= 4 is 69.9 Å². The van der Waals surface area contributed by atoms with E-state index in [2.05, 4.69) is 10.3 Å². The summed E-state index contributed by atoms with van der Waals surface area (Å²) in [7, 11) is 0. The van der Waals surface area contributed by atoms with Crippen molar-refractivity contribution in [2.24, 2.45) is 4.99 Å². The molecule has 2 heterocycles. The van der Waals surface area contributed by atoms with Crippen LogP contribution < -0.4 is 10.2 Å². The second kappa shape index (κ2) is 9.03. The Morgan fingerprint density at radius 2 is 1.47 bits per heavy atom. The number of hydrogen-bond donors (Lipinski definition) is 1. The van der Waals surface area contributed by atoms with Gasteiger partial charge in [0.25, 0.3) is 23.6 Å². The van der Waals surface area contributed by atoms with Crippen molar-refractivity contribution in [3.05, 3.63) is 93.5 Å². The molecule has 6 amide bonds. The first-order chi connectivity index (χ1) is 17.2. The van der Waals surface area contributed by atoms with E-state index in [1.807, 2.05) is 0 Å². The van der Waals surface area contributed by atoms with Crippen molar-refractivity contribution in [3.8, 4) is 0 Å². The third-order valence-corrected chi connectivity index (χ3v) is 6.19. The van der Waals surface area contributed by atoms with Crippen molar-refractivity contribution in [1.29, 1.82) is 0 Å². The van der Waals surface area contributed by atoms with Crippen LogP contribution in [-0.2, 0) is 16.1 Å². The standard InChI is InChI=1S/C25H14Cl2N4O5/c26-14-4-3-5-16(11-14)31-24(35)20(21(32)29-25(31)36)28-15-8-9-19(27)13(10-15)12-30-22(33)17-6-1-2-7-18(17)23(30)34/h1-11H,12H2,(H,29,32,36)/b28-20+. The van der Waals surface area contributed by atoms with Gasteiger partial charge in [0, 0.05) is 10.0 Å². The van der Waals surface area contributed by atoms with E-state index < -0.39 is 35.4 Å². The van der Waals surface area contributed by atoms with E-state index in [1.165, 1.54) is 30.3 Å². The predicted octanol–water partition coefficient (Wildman–Crippen LogP) is 4.15. The number of barbiturate groups is 1. The average molecular weight is 521 g/mol. The molecule has 0 spiro atoms. The SMILES string of the molecule is O=C1NC(=O)N(c2cccc(Cl)c2)C(=O)/C1=N/c1ccc(Cl)c(CN2C(=O)c3ccccc3C2=O)c1. The molecule has 2 aliphatic heterocycles. The normalized spacial score (nSPS) is 16.6. The smallest absolute Gasteiger partial charge is 0.272 e. The molecule has 0 aliphatic carbocycles. The molecule has 0 bridgehead atoms. The second-order valence-corrected chi connectivity index (χ2v) is 8.70. The van der Waals surface area contributed by atoms with E-state index in [0.717, 1.165) is 9.80 Å². The first-order valence-electron chi connectivity index (χ1n) is 10.5. The molecule has 0 radical (unpaired) electrons. The molecule has 3 aromatic carbocycles. The average Bonchev–Trinajstić information content (AvgIpc) is 3.08. The molecule has 1 fully saturated rings. The Balaban J connectivity index is 1.46. The van der Waals surface area contributed by atoms with Crippen molar-refractivity contribution in [2.45, 2.75) is 6.54 Å². The van der Waals surface area contributed by atoms with E-state index in [-0.39, 0.29) is 22.9 Å². The first-order valence-corrected chi connectivity index (χ1v) is 11.3. The molecule has 178 valence electrons. The number of carbonyl (C=O) groups is 5. The van der Waals surface area contributed by atoms with Crippen LogP contribution in [0, 0.1) is 0 Å². The van der Waals surface area contributed by atoms with Crippen molar-refractivity contribution < 1.29 is 24.0 Å². The zero-order chi connectivity index (χ0) is 25.6. The summed E-state index contributed by atoms with van der Waals surface area (Å²) < 4.78 is 0. The summed E-state index contributed by atoms with van der Waals surface area (Å²) in [5.41, 5.74) is 0.746. The van der Waals surface area contributed by atoms with Crippen LogP contribution in [0.15, 0.2) is 71.7 Å². The molecular weight excluding hydrogens is 507 g/mol. The summed E-state index contributed by atoms with van der Waals surface area (Å²) in [5, 5.41) is 2.63. The number of halogens is 2. The van der Waals surface area contributed by atoms with Crippen LogP contribution >= 0.6 is 23.2 Å². The molecule has 0 aromatic heterocycles. The van der Waals surface area contributed by atoms with Gasteiger partial charge >= 0.3 is 6.03 Å². The molecule has 3 aromatic rings. The van der Waals surface area contributed by atoms with Gasteiger partial charge in [0.2, 0.25) is 0 Å². The van der Waals surface area contributed by atoms with Gasteiger partial charge in [-0.05, 0) is 54.1 Å². The summed E-state index contributed by atoms with van der Waals surface area (Å²) in [6.45, 7) is -0.142. The number of rotatable bonds is 4. The molecule has 9 nitrogen and oxygen atoms in total. The highest BCUT2D eigenvalue weighted by molar-refractivity contribution is 6.72. The second-order valence-electron chi connectivity index (χ2n) is 7.86. The lowest BCUT2D eigenvalue weighted by molar-refractivity contribution is -0.118. The number of nitrogens with zero attached hydrogens (tertiary/aromatic N) is 3. The van der Waals surface area contributed by atoms with Crippen LogP contribution in [-0.4, -0.2) is 40.3 Å². The fourth-order valence-electron chi connectivity index (χ4n) is 3.89. The van der Waals surface area contributed by atoms with Crippen molar-refractivity contribution in [1.82, 2.24) is 10.2 Å². The fraction of sp³-hybridized carbons (Fsp3) is 0.0400. The third kappa shape index (κ3) is 4.04. The lowest BCUT2D eigenvalue weighted by atomic mass is 10.1. The molecule has 5 rings (SSSR count). The van der Waals surface area contributed by atoms with Crippen LogP contribution in [0.3, 0.4) is 0 Å². The molecule has 2 aliphatic rings. The highest BCUT2D eigenvalue weighted by atomic mass is 35.5. The molecule has 0 saturated carbocycles. The minimum Gasteiger partial charge on any atom is -0.272 e. The van der Waals surface area contributed by atoms with Crippen LogP contribution in [0.5, 0.6) is 0 Å². The molecule has 11 heteroatoms. The Hall–Kier alpha value is -4.34. The Morgan fingerprint density at radius 1 is 0.778 bits per heavy atom. The maximum absolute atomic E-state index is 13.1. The van der Waals surface area contributed by atoms with Gasteiger partial charge in [0.1, 0.15) is 0 Å². The molecule has 0 unspecified atom stereocenters. The summed E-state index contributed by atoms with van der Waals surface area (Å²) in [6.07, 6.45) is 0. The monoisotopic (exact) mass is 520 g/mol. The number of hydrogen-bond acceptors (Lipinski definition) is 6. The van der Waals surface area contributed by atoms with Gasteiger partial charge in [0.05, 0.1) is 29.0 Å². The number of imide groups is 3. The highest BCUT2D eigenvalue weighted by Crippen LogP contribution is 2.29. The molecule has 1 saturated heterocycles. The lowest BCUT2D eigenvalue weighted by Gasteiger charge is -2.25. The zero-order valence-corrected chi connectivity index (χ0v) is 19.7. The van der Waals surface area contributed by atoms with Crippen LogP contribution in [0.25, 0.3) is 0 Å². The molecule has 0 atom stereocenters. The maximum Gasteiger partial charge on any atom is 0.336 e. The topological polar surface area (TPSA) is 116 Å². The molecule has 36 heavy (non-hydrogen) atoms. The Morgan fingerprint density at radius 3 is 2.14 bits per heavy atom. The van der Waals surface area contributed by atoms with E-state index in [4.69, 9.17) is 23.2 Å². The number of benzene rings is 3. The Labute approximate surface area is 213 Å². The number of aliphatic imine (C=N–C) groups is 1. The largest absolute Gasteiger partial charge is 0.336 e. The van der Waals surface area contributed by atoms with Gasteiger partial charge < -0.3 is 0 Å². The van der Waals surface area contributed by atoms with Crippen LogP contribution in [0.1, 0.15) is 26.3 Å². The minimum atomic E-state index is -0.972. The summed E-state index contributed by atoms with van der Waals surface area (Å²) in [6, 6.07) is 15.9. The van der Waals surface area contributed by atoms with Gasteiger partial charge in [0.15, 0.2) is 5.71 Å². The summed E-state index contributed by atoms with van der Waals surface area (Å²) in [4.78, 5) is 69.3. The van der Waals surface area contributed by atoms with E-state index in [0.29, 0.717) is 21.7 Å². The van der Waals surface area contributed by atoms with Gasteiger partial charge in [-0.2, -0.15) is 0 Å². The van der Waals surface area contributed by atoms with Crippen molar-refractivity contribution in [3.63, 3.8) is 0 Å². The molecule has 1 N–H and O–H groups in total. The number of amides is 6. The Kier molecular flexibility index (Phi) is 5.87. The molecular formula is C25H14Cl2N4O5. The van der Waals surface area contributed by atoms with E-state index >= 15 is 0 Å². The highest BCUT2D eigenvalue weighted by Gasteiger charge is 2.39. The van der Waals surface area contributed by atoms with Gasteiger partial charge in [-0.1, -0.05) is 41.4 Å². The van der Waals surface area contributed by atoms with Gasteiger partial charge in [-0.25, -0.2) is 14.7 Å². The number of urea groups is 1. The van der Waals surface area contributed by atoms with Crippen LogP contribution in [0.2, 0.25) is 10.0 Å². The van der Waals surface area contributed by atoms with Gasteiger partial charge in [-0.3, -0.25) is 29.4 Å². The lowest BCUT2D eigenvalue weighted by Crippen LogP contribution is -2.58. The van der Waals surface area contributed by atoms with Gasteiger partial charge in [-0.15, -0.1) is 0 Å². The first kappa shape index (κ1) is 23.4. The number of anilines is 1.